The quantitative estimate of drug-likeness (QED) is 0.830. The Morgan fingerprint density at radius 1 is 1.10 bits per heavy atom. The molecule has 0 saturated carbocycles. The number of benzene rings is 1. The summed E-state index contributed by atoms with van der Waals surface area (Å²) < 4.78 is 11.7. The van der Waals surface area contributed by atoms with E-state index in [9.17, 15) is 0 Å². The van der Waals surface area contributed by atoms with Crippen molar-refractivity contribution in [2.75, 3.05) is 26.3 Å². The van der Waals surface area contributed by atoms with E-state index in [1.165, 1.54) is 18.4 Å². The van der Waals surface area contributed by atoms with Gasteiger partial charge in [-0.05, 0) is 18.4 Å². The molecule has 3 rings (SSSR count). The minimum absolute atomic E-state index is 0.250. The standard InChI is InChI=1S/C18H27NO2/c1-2-6-17(15-16-7-4-3-5-8-16)19-11-9-18(10-12-19)20-13-14-21-18/h3-5,7-8,17H,2,6,9-15H2,1H3. The molecule has 0 radical (unpaired) electrons. The summed E-state index contributed by atoms with van der Waals surface area (Å²) in [6.07, 6.45) is 5.70. The van der Waals surface area contributed by atoms with Crippen LogP contribution in [0.3, 0.4) is 0 Å². The van der Waals surface area contributed by atoms with Crippen molar-refractivity contribution in [2.45, 2.75) is 50.9 Å². The molecule has 2 aliphatic rings. The number of rotatable bonds is 5. The molecular weight excluding hydrogens is 262 g/mol. The van der Waals surface area contributed by atoms with E-state index in [1.54, 1.807) is 0 Å². The van der Waals surface area contributed by atoms with Crippen molar-refractivity contribution < 1.29 is 9.47 Å². The lowest BCUT2D eigenvalue weighted by Gasteiger charge is -2.41. The van der Waals surface area contributed by atoms with E-state index in [0.717, 1.165) is 45.6 Å². The van der Waals surface area contributed by atoms with Gasteiger partial charge in [0.05, 0.1) is 13.2 Å². The second-order valence-electron chi connectivity index (χ2n) is 6.28. The third kappa shape index (κ3) is 3.65. The van der Waals surface area contributed by atoms with Gasteiger partial charge in [0.1, 0.15) is 0 Å². The number of ether oxygens (including phenoxy) is 2. The Balaban J connectivity index is 1.59. The first-order valence-corrected chi connectivity index (χ1v) is 8.37. The fraction of sp³-hybridized carbons (Fsp3) is 0.667. The molecule has 21 heavy (non-hydrogen) atoms. The summed E-state index contributed by atoms with van der Waals surface area (Å²) in [5.41, 5.74) is 1.45. The number of hydrogen-bond acceptors (Lipinski definition) is 3. The smallest absolute Gasteiger partial charge is 0.170 e. The van der Waals surface area contributed by atoms with Crippen molar-refractivity contribution >= 4 is 0 Å². The second-order valence-corrected chi connectivity index (χ2v) is 6.28. The zero-order chi connectivity index (χ0) is 14.5. The molecule has 3 nitrogen and oxygen atoms in total. The minimum atomic E-state index is -0.250. The van der Waals surface area contributed by atoms with Crippen molar-refractivity contribution in [3.05, 3.63) is 35.9 Å². The molecule has 0 aromatic heterocycles. The van der Waals surface area contributed by atoms with Crippen LogP contribution in [0.15, 0.2) is 30.3 Å². The van der Waals surface area contributed by atoms with Crippen LogP contribution < -0.4 is 0 Å². The molecule has 1 aromatic carbocycles. The van der Waals surface area contributed by atoms with Crippen molar-refractivity contribution in [3.63, 3.8) is 0 Å². The third-order valence-electron chi connectivity index (χ3n) is 4.83. The average molecular weight is 289 g/mol. The second kappa shape index (κ2) is 6.91. The van der Waals surface area contributed by atoms with Crippen LogP contribution >= 0.6 is 0 Å². The molecule has 116 valence electrons. The van der Waals surface area contributed by atoms with E-state index < -0.39 is 0 Å². The fourth-order valence-corrected chi connectivity index (χ4v) is 3.65. The summed E-state index contributed by atoms with van der Waals surface area (Å²) >= 11 is 0. The van der Waals surface area contributed by atoms with Gasteiger partial charge in [0.15, 0.2) is 5.79 Å². The molecule has 1 aromatic rings. The Morgan fingerprint density at radius 3 is 2.38 bits per heavy atom. The van der Waals surface area contributed by atoms with E-state index in [-0.39, 0.29) is 5.79 Å². The summed E-state index contributed by atoms with van der Waals surface area (Å²) in [6, 6.07) is 11.5. The number of hydrogen-bond donors (Lipinski definition) is 0. The molecular formula is C18H27NO2. The highest BCUT2D eigenvalue weighted by molar-refractivity contribution is 5.16. The molecule has 1 atom stereocenters. The van der Waals surface area contributed by atoms with Crippen LogP contribution in [0.4, 0.5) is 0 Å². The molecule has 1 unspecified atom stereocenters. The monoisotopic (exact) mass is 289 g/mol. The molecule has 2 heterocycles. The van der Waals surface area contributed by atoms with E-state index in [0.29, 0.717) is 6.04 Å². The van der Waals surface area contributed by atoms with E-state index in [2.05, 4.69) is 42.2 Å². The average Bonchev–Trinajstić information content (AvgIpc) is 2.97. The fourth-order valence-electron chi connectivity index (χ4n) is 3.65. The van der Waals surface area contributed by atoms with E-state index >= 15 is 0 Å². The molecule has 1 spiro atoms. The SMILES string of the molecule is CCCC(Cc1ccccc1)N1CCC2(CC1)OCCO2. The van der Waals surface area contributed by atoms with Crippen molar-refractivity contribution in [2.24, 2.45) is 0 Å². The Hall–Kier alpha value is -0.900. The zero-order valence-corrected chi connectivity index (χ0v) is 13.1. The lowest BCUT2D eigenvalue weighted by Crippen LogP contribution is -2.49. The highest BCUT2D eigenvalue weighted by Gasteiger charge is 2.40. The predicted molar refractivity (Wildman–Crippen MR) is 84.3 cm³/mol. The van der Waals surface area contributed by atoms with Gasteiger partial charge in [0, 0.05) is 32.0 Å². The van der Waals surface area contributed by atoms with Crippen LogP contribution in [0.5, 0.6) is 0 Å². The Labute approximate surface area is 128 Å². The predicted octanol–water partition coefficient (Wildman–Crippen LogP) is 3.24. The normalized spacial score (nSPS) is 23.5. The summed E-state index contributed by atoms with van der Waals surface area (Å²) in [5, 5.41) is 0. The first kappa shape index (κ1) is 15.0. The molecule has 2 aliphatic heterocycles. The minimum Gasteiger partial charge on any atom is -0.347 e. The summed E-state index contributed by atoms with van der Waals surface area (Å²) in [5.74, 6) is -0.250. The van der Waals surface area contributed by atoms with Gasteiger partial charge in [-0.1, -0.05) is 43.7 Å². The van der Waals surface area contributed by atoms with Crippen molar-refractivity contribution in [1.29, 1.82) is 0 Å². The Morgan fingerprint density at radius 2 is 1.76 bits per heavy atom. The third-order valence-corrected chi connectivity index (χ3v) is 4.83. The van der Waals surface area contributed by atoms with Crippen LogP contribution in [-0.4, -0.2) is 43.0 Å². The van der Waals surface area contributed by atoms with Gasteiger partial charge < -0.3 is 9.47 Å². The van der Waals surface area contributed by atoms with E-state index in [1.807, 2.05) is 0 Å². The summed E-state index contributed by atoms with van der Waals surface area (Å²) in [4.78, 5) is 2.65. The van der Waals surface area contributed by atoms with Crippen LogP contribution in [0.2, 0.25) is 0 Å². The van der Waals surface area contributed by atoms with Crippen LogP contribution in [0.25, 0.3) is 0 Å². The van der Waals surface area contributed by atoms with Gasteiger partial charge >= 0.3 is 0 Å². The maximum Gasteiger partial charge on any atom is 0.170 e. The highest BCUT2D eigenvalue weighted by Crippen LogP contribution is 2.32. The van der Waals surface area contributed by atoms with Crippen LogP contribution in [-0.2, 0) is 15.9 Å². The lowest BCUT2D eigenvalue weighted by molar-refractivity contribution is -0.188. The molecule has 3 heteroatoms. The summed E-state index contributed by atoms with van der Waals surface area (Å²) in [6.45, 7) is 6.01. The first-order valence-electron chi connectivity index (χ1n) is 8.37. The van der Waals surface area contributed by atoms with Gasteiger partial charge in [-0.15, -0.1) is 0 Å². The van der Waals surface area contributed by atoms with Crippen LogP contribution in [0, 0.1) is 0 Å². The number of piperidine rings is 1. The topological polar surface area (TPSA) is 21.7 Å². The van der Waals surface area contributed by atoms with Gasteiger partial charge in [-0.3, -0.25) is 4.90 Å². The van der Waals surface area contributed by atoms with Crippen molar-refractivity contribution in [1.82, 2.24) is 4.90 Å². The van der Waals surface area contributed by atoms with Gasteiger partial charge in [0.2, 0.25) is 0 Å². The molecule has 2 saturated heterocycles. The molecule has 0 N–H and O–H groups in total. The Kier molecular flexibility index (Phi) is 4.94. The number of nitrogens with zero attached hydrogens (tertiary/aromatic N) is 1. The Bertz CT molecular complexity index is 418. The zero-order valence-electron chi connectivity index (χ0n) is 13.1. The molecule has 0 amide bonds. The summed E-state index contributed by atoms with van der Waals surface area (Å²) in [7, 11) is 0. The maximum atomic E-state index is 5.84. The lowest BCUT2D eigenvalue weighted by atomic mass is 9.96. The van der Waals surface area contributed by atoms with Crippen LogP contribution in [0.1, 0.15) is 38.2 Å². The number of likely N-dealkylation sites (tertiary alicyclic amines) is 1. The largest absolute Gasteiger partial charge is 0.347 e. The van der Waals surface area contributed by atoms with Crippen molar-refractivity contribution in [3.8, 4) is 0 Å². The first-order chi connectivity index (χ1) is 10.3. The molecule has 0 aliphatic carbocycles. The maximum absolute atomic E-state index is 5.84. The molecule has 0 bridgehead atoms. The molecule has 2 fully saturated rings. The van der Waals surface area contributed by atoms with Gasteiger partial charge in [-0.25, -0.2) is 0 Å². The van der Waals surface area contributed by atoms with E-state index in [4.69, 9.17) is 9.47 Å². The highest BCUT2D eigenvalue weighted by atomic mass is 16.7. The van der Waals surface area contributed by atoms with Gasteiger partial charge in [0.25, 0.3) is 0 Å². The van der Waals surface area contributed by atoms with Gasteiger partial charge in [-0.2, -0.15) is 0 Å².